The quantitative estimate of drug-likeness (QED) is 0.767. The zero-order valence-electron chi connectivity index (χ0n) is 14.4. The van der Waals surface area contributed by atoms with Crippen molar-refractivity contribution in [1.82, 2.24) is 10.6 Å². The van der Waals surface area contributed by atoms with E-state index in [2.05, 4.69) is 16.0 Å². The number of hydrogen-bond donors (Lipinski definition) is 3. The summed E-state index contributed by atoms with van der Waals surface area (Å²) in [6, 6.07) is 8.38. The largest absolute Gasteiger partial charge is 0.350 e. The number of hydrogen-bond acceptors (Lipinski definition) is 4. The third-order valence-electron chi connectivity index (χ3n) is 3.13. The normalized spacial score (nSPS) is 10.8. The van der Waals surface area contributed by atoms with Gasteiger partial charge in [0.25, 0.3) is 11.8 Å². The minimum Gasteiger partial charge on any atom is -0.350 e. The Balaban J connectivity index is 2.03. The molecule has 132 valence electrons. The van der Waals surface area contributed by atoms with Crippen molar-refractivity contribution >= 4 is 34.7 Å². The Morgan fingerprint density at radius 3 is 2.40 bits per heavy atom. The topological polar surface area (TPSA) is 87.3 Å². The van der Waals surface area contributed by atoms with Crippen molar-refractivity contribution in [1.29, 1.82) is 0 Å². The molecule has 1 heterocycles. The van der Waals surface area contributed by atoms with Crippen LogP contribution in [0.15, 0.2) is 41.1 Å². The van der Waals surface area contributed by atoms with Gasteiger partial charge in [0.1, 0.15) is 0 Å². The minimum atomic E-state index is -0.426. The molecule has 1 aromatic carbocycles. The molecular weight excluding hydrogens is 338 g/mol. The summed E-state index contributed by atoms with van der Waals surface area (Å²) in [6.07, 6.45) is 0. The molecule has 7 heteroatoms. The van der Waals surface area contributed by atoms with Crippen molar-refractivity contribution in [2.45, 2.75) is 26.3 Å². The number of benzene rings is 1. The van der Waals surface area contributed by atoms with Crippen LogP contribution in [-0.2, 0) is 4.79 Å². The van der Waals surface area contributed by atoms with Crippen LogP contribution >= 0.6 is 11.3 Å². The Bertz CT molecular complexity index is 764. The highest BCUT2D eigenvalue weighted by Gasteiger charge is 2.17. The Kier molecular flexibility index (Phi) is 5.93. The molecule has 0 aliphatic carbocycles. The summed E-state index contributed by atoms with van der Waals surface area (Å²) in [6.45, 7) is 5.45. The monoisotopic (exact) mass is 359 g/mol. The second kappa shape index (κ2) is 7.94. The Hall–Kier alpha value is -2.67. The second-order valence-electron chi connectivity index (χ2n) is 6.49. The van der Waals surface area contributed by atoms with E-state index >= 15 is 0 Å². The lowest BCUT2D eigenvalue weighted by molar-refractivity contribution is -0.121. The van der Waals surface area contributed by atoms with Crippen molar-refractivity contribution in [3.8, 4) is 0 Å². The van der Waals surface area contributed by atoms with E-state index in [9.17, 15) is 14.4 Å². The molecular formula is C18H21N3O3S. The first-order valence-corrected chi connectivity index (χ1v) is 8.72. The van der Waals surface area contributed by atoms with E-state index in [1.165, 1.54) is 11.3 Å². The summed E-state index contributed by atoms with van der Waals surface area (Å²) in [5.74, 6) is -0.988. The Labute approximate surface area is 150 Å². The van der Waals surface area contributed by atoms with Crippen molar-refractivity contribution in [3.63, 3.8) is 0 Å². The van der Waals surface area contributed by atoms with Crippen LogP contribution in [0.3, 0.4) is 0 Å². The third-order valence-corrected chi connectivity index (χ3v) is 3.81. The standard InChI is InChI=1S/C18H21N3O3S/c1-18(2,3)21-15(22)10-19-17(24)13-6-4-5-7-14(13)20-16(23)12-8-9-25-11-12/h4-9,11H,10H2,1-3H3,(H,19,24)(H,20,23)(H,21,22). The molecule has 0 fully saturated rings. The van der Waals surface area contributed by atoms with Crippen LogP contribution < -0.4 is 16.0 Å². The molecule has 3 amide bonds. The van der Waals surface area contributed by atoms with Gasteiger partial charge < -0.3 is 16.0 Å². The molecule has 2 aromatic rings. The average Bonchev–Trinajstić information content (AvgIpc) is 3.06. The van der Waals surface area contributed by atoms with Gasteiger partial charge in [-0.2, -0.15) is 11.3 Å². The van der Waals surface area contributed by atoms with Gasteiger partial charge in [-0.3, -0.25) is 14.4 Å². The summed E-state index contributed by atoms with van der Waals surface area (Å²) >= 11 is 1.42. The average molecular weight is 359 g/mol. The highest BCUT2D eigenvalue weighted by molar-refractivity contribution is 7.08. The minimum absolute atomic E-state index is 0.136. The molecule has 0 spiro atoms. The lowest BCUT2D eigenvalue weighted by Gasteiger charge is -2.20. The molecule has 0 saturated carbocycles. The first-order chi connectivity index (χ1) is 11.8. The maximum atomic E-state index is 12.4. The van der Waals surface area contributed by atoms with Gasteiger partial charge in [-0.25, -0.2) is 0 Å². The van der Waals surface area contributed by atoms with E-state index in [0.717, 1.165) is 0 Å². The van der Waals surface area contributed by atoms with Gasteiger partial charge in [-0.05, 0) is 44.4 Å². The van der Waals surface area contributed by atoms with Crippen LogP contribution in [0.5, 0.6) is 0 Å². The van der Waals surface area contributed by atoms with Crippen LogP contribution in [-0.4, -0.2) is 29.8 Å². The number of thiophene rings is 1. The third kappa shape index (κ3) is 5.72. The van der Waals surface area contributed by atoms with Gasteiger partial charge >= 0.3 is 0 Å². The highest BCUT2D eigenvalue weighted by Crippen LogP contribution is 2.17. The van der Waals surface area contributed by atoms with Crippen molar-refractivity contribution in [2.24, 2.45) is 0 Å². The molecule has 0 radical (unpaired) electrons. The number of anilines is 1. The summed E-state index contributed by atoms with van der Waals surface area (Å²) in [4.78, 5) is 36.4. The number of para-hydroxylation sites is 1. The van der Waals surface area contributed by atoms with Gasteiger partial charge in [0.05, 0.1) is 23.4 Å². The van der Waals surface area contributed by atoms with Crippen LogP contribution in [0, 0.1) is 0 Å². The summed E-state index contributed by atoms with van der Waals surface area (Å²) in [7, 11) is 0. The van der Waals surface area contributed by atoms with Gasteiger partial charge in [0, 0.05) is 10.9 Å². The summed E-state index contributed by atoms with van der Waals surface area (Å²) in [5.41, 5.74) is 0.862. The van der Waals surface area contributed by atoms with Gasteiger partial charge in [-0.15, -0.1) is 0 Å². The zero-order valence-corrected chi connectivity index (χ0v) is 15.2. The lowest BCUT2D eigenvalue weighted by Crippen LogP contribution is -2.45. The SMILES string of the molecule is CC(C)(C)NC(=O)CNC(=O)c1ccccc1NC(=O)c1ccsc1. The van der Waals surface area contributed by atoms with Crippen LogP contribution in [0.25, 0.3) is 0 Å². The van der Waals surface area contributed by atoms with E-state index in [-0.39, 0.29) is 23.9 Å². The molecule has 6 nitrogen and oxygen atoms in total. The molecule has 0 bridgehead atoms. The van der Waals surface area contributed by atoms with Gasteiger partial charge in [0.15, 0.2) is 0 Å². The fraction of sp³-hybridized carbons (Fsp3) is 0.278. The molecule has 0 aliphatic heterocycles. The maximum Gasteiger partial charge on any atom is 0.256 e. The summed E-state index contributed by atoms with van der Waals surface area (Å²) < 4.78 is 0. The number of nitrogens with one attached hydrogen (secondary N) is 3. The molecule has 0 atom stereocenters. The number of carbonyl (C=O) groups is 3. The van der Waals surface area contributed by atoms with Crippen molar-refractivity contribution in [3.05, 3.63) is 52.2 Å². The van der Waals surface area contributed by atoms with Crippen LogP contribution in [0.2, 0.25) is 0 Å². The molecule has 1 aromatic heterocycles. The van der Waals surface area contributed by atoms with E-state index < -0.39 is 5.91 Å². The Morgan fingerprint density at radius 2 is 1.76 bits per heavy atom. The predicted octanol–water partition coefficient (Wildman–Crippen LogP) is 2.64. The van der Waals surface area contributed by atoms with E-state index in [1.54, 1.807) is 41.1 Å². The summed E-state index contributed by atoms with van der Waals surface area (Å²) in [5, 5.41) is 11.6. The second-order valence-corrected chi connectivity index (χ2v) is 7.27. The van der Waals surface area contributed by atoms with Crippen molar-refractivity contribution in [2.75, 3.05) is 11.9 Å². The Morgan fingerprint density at radius 1 is 1.04 bits per heavy atom. The predicted molar refractivity (Wildman–Crippen MR) is 98.9 cm³/mol. The molecule has 25 heavy (non-hydrogen) atoms. The molecule has 0 unspecified atom stereocenters. The fourth-order valence-electron chi connectivity index (χ4n) is 2.10. The molecule has 0 aliphatic rings. The van der Waals surface area contributed by atoms with E-state index in [1.807, 2.05) is 20.8 Å². The maximum absolute atomic E-state index is 12.4. The lowest BCUT2D eigenvalue weighted by atomic mass is 10.1. The molecule has 3 N–H and O–H groups in total. The smallest absolute Gasteiger partial charge is 0.256 e. The van der Waals surface area contributed by atoms with Crippen molar-refractivity contribution < 1.29 is 14.4 Å². The zero-order chi connectivity index (χ0) is 18.4. The number of amides is 3. The first kappa shape index (κ1) is 18.7. The highest BCUT2D eigenvalue weighted by atomic mass is 32.1. The van der Waals surface area contributed by atoms with E-state index in [4.69, 9.17) is 0 Å². The van der Waals surface area contributed by atoms with E-state index in [0.29, 0.717) is 16.8 Å². The van der Waals surface area contributed by atoms with Gasteiger partial charge in [0.2, 0.25) is 5.91 Å². The van der Waals surface area contributed by atoms with Crippen LogP contribution in [0.4, 0.5) is 5.69 Å². The van der Waals surface area contributed by atoms with Gasteiger partial charge in [-0.1, -0.05) is 12.1 Å². The number of rotatable bonds is 5. The first-order valence-electron chi connectivity index (χ1n) is 7.78. The number of carbonyl (C=O) groups excluding carboxylic acids is 3. The fourth-order valence-corrected chi connectivity index (χ4v) is 2.73. The van der Waals surface area contributed by atoms with Crippen LogP contribution in [0.1, 0.15) is 41.5 Å². The molecule has 0 saturated heterocycles. The molecule has 2 rings (SSSR count).